The van der Waals surface area contributed by atoms with Crippen LogP contribution in [0.1, 0.15) is 51.9 Å². The Bertz CT molecular complexity index is 85.2. The number of rotatable bonds is 8. The number of allylic oxidation sites excluding steroid dienone is 2. The van der Waals surface area contributed by atoms with Gasteiger partial charge in [0.2, 0.25) is 0 Å². The van der Waals surface area contributed by atoms with E-state index < -0.39 is 0 Å². The lowest BCUT2D eigenvalue weighted by Gasteiger charge is -1.92. The van der Waals surface area contributed by atoms with Gasteiger partial charge >= 0.3 is 0 Å². The summed E-state index contributed by atoms with van der Waals surface area (Å²) in [6, 6.07) is 0. The standard InChI is InChI=1S/C11H21O/c1-2-3-4-5-6-7-8-9-10-11-12/h6-7H,2-5,8-11H2,1H3/b7-6+. The molecule has 0 saturated carbocycles. The van der Waals surface area contributed by atoms with Gasteiger partial charge in [-0.05, 0) is 32.1 Å². The molecule has 1 nitrogen and oxygen atoms in total. The van der Waals surface area contributed by atoms with Crippen molar-refractivity contribution in [3.8, 4) is 0 Å². The van der Waals surface area contributed by atoms with Crippen molar-refractivity contribution in [3.63, 3.8) is 0 Å². The highest BCUT2D eigenvalue weighted by Crippen LogP contribution is 2.01. The largest absolute Gasteiger partial charge is 0.237 e. The summed E-state index contributed by atoms with van der Waals surface area (Å²) >= 11 is 0. The third-order valence-electron chi connectivity index (χ3n) is 1.91. The topological polar surface area (TPSA) is 19.9 Å². The van der Waals surface area contributed by atoms with Gasteiger partial charge in [-0.3, -0.25) is 0 Å². The fourth-order valence-corrected chi connectivity index (χ4v) is 1.11. The summed E-state index contributed by atoms with van der Waals surface area (Å²) in [5, 5.41) is 10.1. The lowest BCUT2D eigenvalue weighted by atomic mass is 10.2. The highest BCUT2D eigenvalue weighted by molar-refractivity contribution is 4.81. The first-order valence-electron chi connectivity index (χ1n) is 5.15. The fourth-order valence-electron chi connectivity index (χ4n) is 1.11. The van der Waals surface area contributed by atoms with Crippen LogP contribution in [0.3, 0.4) is 0 Å². The second-order valence-corrected chi connectivity index (χ2v) is 3.17. The Morgan fingerprint density at radius 3 is 2.00 bits per heavy atom. The van der Waals surface area contributed by atoms with Crippen molar-refractivity contribution in [1.29, 1.82) is 0 Å². The summed E-state index contributed by atoms with van der Waals surface area (Å²) in [6.07, 6.45) is 12.6. The molecule has 0 aromatic rings. The summed E-state index contributed by atoms with van der Waals surface area (Å²) in [5.74, 6) is 0. The first-order chi connectivity index (χ1) is 5.91. The van der Waals surface area contributed by atoms with Gasteiger partial charge < -0.3 is 0 Å². The molecule has 0 unspecified atom stereocenters. The van der Waals surface area contributed by atoms with Crippen molar-refractivity contribution >= 4 is 0 Å². The normalized spacial score (nSPS) is 11.2. The lowest BCUT2D eigenvalue weighted by molar-refractivity contribution is 0.187. The van der Waals surface area contributed by atoms with Crippen molar-refractivity contribution < 1.29 is 5.11 Å². The van der Waals surface area contributed by atoms with Crippen molar-refractivity contribution in [2.45, 2.75) is 51.9 Å². The van der Waals surface area contributed by atoms with Crippen LogP contribution in [-0.4, -0.2) is 6.61 Å². The molecule has 1 radical (unpaired) electrons. The quantitative estimate of drug-likeness (QED) is 0.390. The van der Waals surface area contributed by atoms with Crippen LogP contribution in [0.5, 0.6) is 0 Å². The highest BCUT2D eigenvalue weighted by Gasteiger charge is 1.84. The predicted octanol–water partition coefficient (Wildman–Crippen LogP) is 3.72. The van der Waals surface area contributed by atoms with Crippen LogP contribution in [0.25, 0.3) is 0 Å². The van der Waals surface area contributed by atoms with Gasteiger partial charge in [0.25, 0.3) is 0 Å². The third kappa shape index (κ3) is 9.70. The van der Waals surface area contributed by atoms with Gasteiger partial charge in [0, 0.05) is 0 Å². The maximum Gasteiger partial charge on any atom is 0.0822 e. The van der Waals surface area contributed by atoms with E-state index in [9.17, 15) is 5.11 Å². The van der Waals surface area contributed by atoms with Gasteiger partial charge in [-0.15, -0.1) is 0 Å². The van der Waals surface area contributed by atoms with Gasteiger partial charge in [-0.2, -0.15) is 0 Å². The minimum atomic E-state index is 0.0870. The molecule has 0 aromatic carbocycles. The summed E-state index contributed by atoms with van der Waals surface area (Å²) in [6.45, 7) is 2.31. The molecule has 0 atom stereocenters. The average molecular weight is 169 g/mol. The second-order valence-electron chi connectivity index (χ2n) is 3.17. The van der Waals surface area contributed by atoms with Crippen molar-refractivity contribution in [1.82, 2.24) is 0 Å². The molecule has 0 N–H and O–H groups in total. The molecular weight excluding hydrogens is 148 g/mol. The molecule has 0 aliphatic rings. The van der Waals surface area contributed by atoms with Crippen molar-refractivity contribution in [2.75, 3.05) is 6.61 Å². The van der Waals surface area contributed by atoms with E-state index in [4.69, 9.17) is 0 Å². The monoisotopic (exact) mass is 169 g/mol. The Morgan fingerprint density at radius 2 is 1.50 bits per heavy atom. The van der Waals surface area contributed by atoms with E-state index in [2.05, 4.69) is 19.1 Å². The molecule has 12 heavy (non-hydrogen) atoms. The van der Waals surface area contributed by atoms with E-state index in [-0.39, 0.29) is 6.61 Å². The zero-order chi connectivity index (χ0) is 9.07. The summed E-state index contributed by atoms with van der Waals surface area (Å²) in [5.41, 5.74) is 0. The molecule has 0 fully saturated rings. The SMILES string of the molecule is CCCCC/C=C/CCCC[O]. The Balaban J connectivity index is 2.93. The van der Waals surface area contributed by atoms with E-state index >= 15 is 0 Å². The molecule has 0 aliphatic carbocycles. The van der Waals surface area contributed by atoms with Crippen LogP contribution < -0.4 is 0 Å². The molecule has 0 bridgehead atoms. The average Bonchev–Trinajstić information content (AvgIpc) is 2.10. The maximum absolute atomic E-state index is 10.1. The molecule has 0 aromatic heterocycles. The van der Waals surface area contributed by atoms with Crippen molar-refractivity contribution in [3.05, 3.63) is 12.2 Å². The Morgan fingerprint density at radius 1 is 0.917 bits per heavy atom. The second kappa shape index (κ2) is 10.7. The van der Waals surface area contributed by atoms with Crippen LogP contribution in [0.4, 0.5) is 0 Å². The molecule has 1 heteroatoms. The van der Waals surface area contributed by atoms with Crippen LogP contribution >= 0.6 is 0 Å². The van der Waals surface area contributed by atoms with E-state index in [1.54, 1.807) is 0 Å². The zero-order valence-electron chi connectivity index (χ0n) is 8.22. The Hall–Kier alpha value is -0.300. The van der Waals surface area contributed by atoms with Crippen molar-refractivity contribution in [2.24, 2.45) is 0 Å². The van der Waals surface area contributed by atoms with Crippen LogP contribution in [-0.2, 0) is 5.11 Å². The maximum atomic E-state index is 10.1. The van der Waals surface area contributed by atoms with E-state index in [1.807, 2.05) is 0 Å². The Kier molecular flexibility index (Phi) is 10.4. The van der Waals surface area contributed by atoms with E-state index in [0.717, 1.165) is 19.3 Å². The van der Waals surface area contributed by atoms with Gasteiger partial charge in [0.05, 0.1) is 6.61 Å². The van der Waals surface area contributed by atoms with Gasteiger partial charge in [-0.1, -0.05) is 31.9 Å². The molecule has 0 heterocycles. The molecule has 0 saturated heterocycles. The smallest absolute Gasteiger partial charge is 0.0822 e. The van der Waals surface area contributed by atoms with Gasteiger partial charge in [0.15, 0.2) is 0 Å². The predicted molar refractivity (Wildman–Crippen MR) is 52.7 cm³/mol. The first kappa shape index (κ1) is 11.7. The summed E-state index contributed by atoms with van der Waals surface area (Å²) in [4.78, 5) is 0. The molecular formula is C11H21O. The van der Waals surface area contributed by atoms with Crippen LogP contribution in [0, 0.1) is 0 Å². The van der Waals surface area contributed by atoms with Crippen LogP contribution in [0.15, 0.2) is 12.2 Å². The molecule has 0 spiro atoms. The molecule has 0 aliphatic heterocycles. The molecule has 0 rings (SSSR count). The molecule has 0 amide bonds. The summed E-state index contributed by atoms with van der Waals surface area (Å²) < 4.78 is 0. The minimum Gasteiger partial charge on any atom is -0.237 e. The highest BCUT2D eigenvalue weighted by atomic mass is 16.2. The van der Waals surface area contributed by atoms with E-state index in [1.165, 1.54) is 25.7 Å². The van der Waals surface area contributed by atoms with E-state index in [0.29, 0.717) is 0 Å². The summed E-state index contributed by atoms with van der Waals surface area (Å²) in [7, 11) is 0. The fraction of sp³-hybridized carbons (Fsp3) is 0.818. The first-order valence-corrected chi connectivity index (χ1v) is 5.15. The number of hydrogen-bond donors (Lipinski definition) is 0. The van der Waals surface area contributed by atoms with Gasteiger partial charge in [-0.25, -0.2) is 5.11 Å². The third-order valence-corrected chi connectivity index (χ3v) is 1.91. The van der Waals surface area contributed by atoms with Gasteiger partial charge in [0.1, 0.15) is 0 Å². The lowest BCUT2D eigenvalue weighted by Crippen LogP contribution is -1.78. The molecule has 71 valence electrons. The Labute approximate surface area is 76.5 Å². The van der Waals surface area contributed by atoms with Crippen LogP contribution in [0.2, 0.25) is 0 Å². The zero-order valence-corrected chi connectivity index (χ0v) is 8.22. The minimum absolute atomic E-state index is 0.0870. The number of hydrogen-bond acceptors (Lipinski definition) is 0. The number of unbranched alkanes of at least 4 members (excludes halogenated alkanes) is 5.